The van der Waals surface area contributed by atoms with Crippen LogP contribution in [0.2, 0.25) is 5.02 Å². The van der Waals surface area contributed by atoms with Gasteiger partial charge in [0.15, 0.2) is 0 Å². The molecule has 0 spiro atoms. The number of hydrogen-bond acceptors (Lipinski definition) is 5. The fourth-order valence-corrected chi connectivity index (χ4v) is 4.32. The van der Waals surface area contributed by atoms with Gasteiger partial charge >= 0.3 is 0 Å². The van der Waals surface area contributed by atoms with Crippen LogP contribution in [0.25, 0.3) is 0 Å². The molecule has 3 rings (SSSR count). The van der Waals surface area contributed by atoms with E-state index in [9.17, 15) is 23.5 Å². The zero-order valence-corrected chi connectivity index (χ0v) is 22.1. The van der Waals surface area contributed by atoms with Gasteiger partial charge in [-0.1, -0.05) is 42.8 Å². The first-order valence-electron chi connectivity index (χ1n) is 12.4. The molecule has 0 bridgehead atoms. The summed E-state index contributed by atoms with van der Waals surface area (Å²) in [5.41, 5.74) is 8.37. The lowest BCUT2D eigenvalue weighted by Gasteiger charge is -2.35. The Morgan fingerprint density at radius 3 is 2.24 bits per heavy atom. The molecular formula is C29H32ClF2N3O3. The summed E-state index contributed by atoms with van der Waals surface area (Å²) in [6.07, 6.45) is -0.598. The third-order valence-corrected chi connectivity index (χ3v) is 6.41. The lowest BCUT2D eigenvalue weighted by Crippen LogP contribution is -2.57. The summed E-state index contributed by atoms with van der Waals surface area (Å²) in [4.78, 5) is 27.7. The van der Waals surface area contributed by atoms with Gasteiger partial charge in [0.05, 0.1) is 18.2 Å². The number of hydrogen-bond donors (Lipinski definition) is 3. The quantitative estimate of drug-likeness (QED) is 0.336. The summed E-state index contributed by atoms with van der Waals surface area (Å²) in [5, 5.41) is 14.8. The van der Waals surface area contributed by atoms with Gasteiger partial charge in [0.25, 0.3) is 5.91 Å². The molecule has 4 N–H and O–H groups in total. The fraction of sp³-hybridized carbons (Fsp3) is 0.310. The van der Waals surface area contributed by atoms with E-state index in [1.165, 1.54) is 31.2 Å². The Morgan fingerprint density at radius 2 is 1.63 bits per heavy atom. The van der Waals surface area contributed by atoms with Gasteiger partial charge < -0.3 is 16.2 Å². The van der Waals surface area contributed by atoms with Crippen molar-refractivity contribution in [2.24, 2.45) is 5.73 Å². The molecule has 0 saturated heterocycles. The summed E-state index contributed by atoms with van der Waals surface area (Å²) in [5.74, 6) is -3.06. The minimum atomic E-state index is -1.28. The molecule has 0 radical (unpaired) electrons. The third kappa shape index (κ3) is 7.91. The number of carbonyl (C=O) groups is 2. The molecule has 3 aromatic carbocycles. The highest BCUT2D eigenvalue weighted by Gasteiger charge is 2.36. The predicted octanol–water partition coefficient (Wildman–Crippen LogP) is 4.26. The molecule has 0 unspecified atom stereocenters. The maximum atomic E-state index is 14.0. The Kier molecular flexibility index (Phi) is 10.5. The molecule has 6 nitrogen and oxygen atoms in total. The molecule has 9 heteroatoms. The number of carbonyl (C=O) groups excluding carboxylic acids is 2. The zero-order chi connectivity index (χ0) is 27.8. The number of rotatable bonds is 11. The SMILES string of the molecule is CCc1cccc(CNC[C@@H](O)[C@H](Cc2cc(F)cc(F)c2)N(C(=O)c2ccc(Cl)cc2)C(=O)[C@@H](C)N)c1. The van der Waals surface area contributed by atoms with Crippen LogP contribution in [0.3, 0.4) is 0 Å². The van der Waals surface area contributed by atoms with Crippen LogP contribution in [-0.2, 0) is 24.2 Å². The average molecular weight is 544 g/mol. The van der Waals surface area contributed by atoms with Crippen molar-refractivity contribution >= 4 is 23.4 Å². The normalized spacial score (nSPS) is 13.6. The highest BCUT2D eigenvalue weighted by Crippen LogP contribution is 2.20. The van der Waals surface area contributed by atoms with Crippen molar-refractivity contribution < 1.29 is 23.5 Å². The molecule has 0 aromatic heterocycles. The van der Waals surface area contributed by atoms with E-state index in [2.05, 4.69) is 12.2 Å². The smallest absolute Gasteiger partial charge is 0.260 e. The zero-order valence-electron chi connectivity index (χ0n) is 21.3. The molecule has 0 fully saturated rings. The predicted molar refractivity (Wildman–Crippen MR) is 144 cm³/mol. The van der Waals surface area contributed by atoms with Crippen molar-refractivity contribution in [3.63, 3.8) is 0 Å². The van der Waals surface area contributed by atoms with E-state index in [-0.39, 0.29) is 24.1 Å². The largest absolute Gasteiger partial charge is 0.390 e. The minimum absolute atomic E-state index is 0.00452. The first-order chi connectivity index (χ1) is 18.1. The van der Waals surface area contributed by atoms with E-state index in [1.807, 2.05) is 24.3 Å². The van der Waals surface area contributed by atoms with Gasteiger partial charge in [-0.25, -0.2) is 8.78 Å². The summed E-state index contributed by atoms with van der Waals surface area (Å²) in [6.45, 7) is 3.90. The van der Waals surface area contributed by atoms with Crippen molar-refractivity contribution in [2.45, 2.75) is 51.4 Å². The van der Waals surface area contributed by atoms with Gasteiger partial charge in [-0.3, -0.25) is 14.5 Å². The topological polar surface area (TPSA) is 95.7 Å². The van der Waals surface area contributed by atoms with E-state index in [1.54, 1.807) is 0 Å². The van der Waals surface area contributed by atoms with E-state index < -0.39 is 41.6 Å². The first-order valence-corrected chi connectivity index (χ1v) is 12.8. The molecule has 0 aliphatic rings. The minimum Gasteiger partial charge on any atom is -0.390 e. The first kappa shape index (κ1) is 29.4. The molecule has 3 atom stereocenters. The molecule has 0 aliphatic heterocycles. The molecule has 2 amide bonds. The number of nitrogens with two attached hydrogens (primary N) is 1. The number of nitrogens with zero attached hydrogens (tertiary/aromatic N) is 1. The second-order valence-electron chi connectivity index (χ2n) is 9.23. The van der Waals surface area contributed by atoms with E-state index in [0.29, 0.717) is 11.6 Å². The van der Waals surface area contributed by atoms with Crippen LogP contribution in [0.4, 0.5) is 8.78 Å². The maximum absolute atomic E-state index is 14.0. The van der Waals surface area contributed by atoms with Crippen molar-refractivity contribution in [2.75, 3.05) is 6.54 Å². The van der Waals surface area contributed by atoms with E-state index in [0.717, 1.165) is 40.6 Å². The number of amides is 2. The number of halogens is 3. The Balaban J connectivity index is 1.93. The number of aryl methyl sites for hydroxylation is 1. The van der Waals surface area contributed by atoms with Crippen molar-refractivity contribution in [1.82, 2.24) is 10.2 Å². The Labute approximate surface area is 226 Å². The Morgan fingerprint density at radius 1 is 1.00 bits per heavy atom. The highest BCUT2D eigenvalue weighted by molar-refractivity contribution is 6.30. The van der Waals surface area contributed by atoms with Crippen molar-refractivity contribution in [3.05, 3.63) is 106 Å². The van der Waals surface area contributed by atoms with Gasteiger partial charge in [-0.2, -0.15) is 0 Å². The molecule has 0 saturated carbocycles. The van der Waals surface area contributed by atoms with Gasteiger partial charge in [-0.15, -0.1) is 0 Å². The summed E-state index contributed by atoms with van der Waals surface area (Å²) in [6, 6.07) is 14.6. The van der Waals surface area contributed by atoms with E-state index >= 15 is 0 Å². The molecule has 3 aromatic rings. The lowest BCUT2D eigenvalue weighted by molar-refractivity contribution is -0.133. The molecular weight excluding hydrogens is 512 g/mol. The van der Waals surface area contributed by atoms with Gasteiger partial charge in [0.1, 0.15) is 11.6 Å². The lowest BCUT2D eigenvalue weighted by atomic mass is 9.97. The number of nitrogens with one attached hydrogen (secondary N) is 1. The molecule has 38 heavy (non-hydrogen) atoms. The molecule has 0 heterocycles. The third-order valence-electron chi connectivity index (χ3n) is 6.16. The standard InChI is InChI=1S/C29H32ClF2N3O3/c1-3-19-5-4-6-20(11-19)16-34-17-27(36)26(14-21-12-24(31)15-25(32)13-21)35(28(37)18(2)33)29(38)22-7-9-23(30)10-8-22/h4-13,15,18,26-27,34,36H,3,14,16-17,33H2,1-2H3/t18-,26+,27-/m1/s1. The van der Waals surface area contributed by atoms with Crippen LogP contribution in [-0.4, -0.2) is 46.6 Å². The van der Waals surface area contributed by atoms with Gasteiger partial charge in [0, 0.05) is 29.7 Å². The van der Waals surface area contributed by atoms with Crippen molar-refractivity contribution in [1.29, 1.82) is 0 Å². The van der Waals surface area contributed by atoms with Crippen molar-refractivity contribution in [3.8, 4) is 0 Å². The van der Waals surface area contributed by atoms with Crippen LogP contribution < -0.4 is 11.1 Å². The number of imide groups is 1. The van der Waals surface area contributed by atoms with Gasteiger partial charge in [-0.05, 0) is 72.9 Å². The summed E-state index contributed by atoms with van der Waals surface area (Å²) < 4.78 is 28.0. The summed E-state index contributed by atoms with van der Waals surface area (Å²) in [7, 11) is 0. The molecule has 0 aliphatic carbocycles. The monoisotopic (exact) mass is 543 g/mol. The van der Waals surface area contributed by atoms with Crippen LogP contribution in [0, 0.1) is 11.6 Å². The second kappa shape index (κ2) is 13.6. The Bertz CT molecular complexity index is 1230. The number of aliphatic hydroxyl groups is 1. The summed E-state index contributed by atoms with van der Waals surface area (Å²) >= 11 is 5.95. The fourth-order valence-electron chi connectivity index (χ4n) is 4.19. The van der Waals surface area contributed by atoms with Crippen LogP contribution in [0.1, 0.15) is 40.9 Å². The number of aliphatic hydroxyl groups excluding tert-OH is 1. The molecule has 202 valence electrons. The van der Waals surface area contributed by atoms with Gasteiger partial charge in [0.2, 0.25) is 5.91 Å². The Hall–Kier alpha value is -3.17. The maximum Gasteiger partial charge on any atom is 0.260 e. The van der Waals surface area contributed by atoms with Crippen LogP contribution in [0.5, 0.6) is 0 Å². The number of benzene rings is 3. The highest BCUT2D eigenvalue weighted by atomic mass is 35.5. The van der Waals surface area contributed by atoms with Crippen LogP contribution >= 0.6 is 11.6 Å². The van der Waals surface area contributed by atoms with Crippen LogP contribution in [0.15, 0.2) is 66.7 Å². The van der Waals surface area contributed by atoms with E-state index in [4.69, 9.17) is 17.3 Å². The second-order valence-corrected chi connectivity index (χ2v) is 9.67. The average Bonchev–Trinajstić information content (AvgIpc) is 2.88.